The van der Waals surface area contributed by atoms with E-state index in [-0.39, 0.29) is 24.2 Å². The number of nitrogens with zero attached hydrogens (tertiary/aromatic N) is 1. The molecule has 2 rings (SSSR count). The molecule has 0 aliphatic rings. The molecule has 3 N–H and O–H groups in total. The van der Waals surface area contributed by atoms with Crippen molar-refractivity contribution in [3.63, 3.8) is 0 Å². The molecule has 0 aromatic heterocycles. The number of carbonyl (C=O) groups is 3. The number of nitro groups is 1. The summed E-state index contributed by atoms with van der Waals surface area (Å²) in [7, 11) is 0. The van der Waals surface area contributed by atoms with E-state index in [1.54, 1.807) is 0 Å². The van der Waals surface area contributed by atoms with Gasteiger partial charge in [0.2, 0.25) is 17.7 Å². The highest BCUT2D eigenvalue weighted by molar-refractivity contribution is 5.91. The molecule has 32 heavy (non-hydrogen) atoms. The van der Waals surface area contributed by atoms with Crippen molar-refractivity contribution in [3.05, 3.63) is 75.3 Å². The number of hydrogen-bond acceptors (Lipinski definition) is 5. The third-order valence-electron chi connectivity index (χ3n) is 4.42. The van der Waals surface area contributed by atoms with Crippen molar-refractivity contribution < 1.29 is 28.1 Å². The van der Waals surface area contributed by atoms with Crippen LogP contribution >= 0.6 is 0 Å². The maximum absolute atomic E-state index is 13.2. The molecule has 2 aromatic rings. The molecule has 170 valence electrons. The number of carbonyl (C=O) groups excluding carboxylic acids is 3. The minimum atomic E-state index is -0.995. The normalized spacial score (nSPS) is 12.4. The molecule has 3 amide bonds. The summed E-state index contributed by atoms with van der Waals surface area (Å²) in [6, 6.07) is 6.45. The average molecular weight is 448 g/mol. The van der Waals surface area contributed by atoms with Crippen LogP contribution in [0, 0.1) is 21.7 Å². The zero-order chi connectivity index (χ0) is 23.8. The van der Waals surface area contributed by atoms with Crippen molar-refractivity contribution in [1.29, 1.82) is 0 Å². The predicted octanol–water partition coefficient (Wildman–Crippen LogP) is 1.74. The van der Waals surface area contributed by atoms with E-state index in [4.69, 9.17) is 0 Å². The first kappa shape index (κ1) is 24.4. The van der Waals surface area contributed by atoms with Crippen molar-refractivity contribution in [3.8, 4) is 0 Å². The van der Waals surface area contributed by atoms with Crippen LogP contribution in [0.1, 0.15) is 25.0 Å². The fourth-order valence-corrected chi connectivity index (χ4v) is 2.74. The maximum atomic E-state index is 13.2. The fraction of sp³-hybridized carbons (Fsp3) is 0.286. The molecule has 11 heteroatoms. The van der Waals surface area contributed by atoms with Gasteiger partial charge in [-0.15, -0.1) is 0 Å². The summed E-state index contributed by atoms with van der Waals surface area (Å²) >= 11 is 0. The van der Waals surface area contributed by atoms with E-state index in [1.807, 2.05) is 0 Å². The molecule has 0 heterocycles. The fourth-order valence-electron chi connectivity index (χ4n) is 2.74. The number of nitrogens with one attached hydrogen (secondary N) is 3. The average Bonchev–Trinajstić information content (AvgIpc) is 2.71. The van der Waals surface area contributed by atoms with Gasteiger partial charge >= 0.3 is 0 Å². The number of benzene rings is 2. The molecule has 0 saturated heterocycles. The van der Waals surface area contributed by atoms with E-state index in [1.165, 1.54) is 38.1 Å². The molecule has 0 spiro atoms. The second-order valence-corrected chi connectivity index (χ2v) is 7.12. The highest BCUT2D eigenvalue weighted by Gasteiger charge is 2.21. The van der Waals surface area contributed by atoms with Gasteiger partial charge in [0.15, 0.2) is 0 Å². The van der Waals surface area contributed by atoms with E-state index in [9.17, 15) is 33.3 Å². The first-order valence-electron chi connectivity index (χ1n) is 9.61. The molecular formula is C21H22F2N4O5. The minimum Gasteiger partial charge on any atom is -0.350 e. The van der Waals surface area contributed by atoms with Gasteiger partial charge < -0.3 is 16.0 Å². The number of rotatable bonds is 9. The Hall–Kier alpha value is -3.89. The quantitative estimate of drug-likeness (QED) is 0.397. The molecule has 9 nitrogen and oxygen atoms in total. The smallest absolute Gasteiger partial charge is 0.269 e. The first-order chi connectivity index (χ1) is 15.0. The summed E-state index contributed by atoms with van der Waals surface area (Å²) in [5.41, 5.74) is 0.683. The summed E-state index contributed by atoms with van der Waals surface area (Å²) in [4.78, 5) is 46.6. The van der Waals surface area contributed by atoms with Gasteiger partial charge in [0.05, 0.1) is 11.3 Å². The largest absolute Gasteiger partial charge is 0.350 e. The van der Waals surface area contributed by atoms with Gasteiger partial charge in [-0.05, 0) is 37.1 Å². The number of amides is 3. The molecule has 0 fully saturated rings. The lowest BCUT2D eigenvalue weighted by atomic mass is 10.1. The SMILES string of the molecule is C[C@H](NC(=O)Cc1cc(F)cc(F)c1)C(=O)N[C@@H](C)C(=O)NCc1ccc([N+](=O)[O-])cc1. The van der Waals surface area contributed by atoms with Gasteiger partial charge in [-0.25, -0.2) is 8.78 Å². The summed E-state index contributed by atoms with van der Waals surface area (Å²) in [5.74, 6) is -3.36. The molecular weight excluding hydrogens is 426 g/mol. The Morgan fingerprint density at radius 3 is 2.03 bits per heavy atom. The Balaban J connectivity index is 1.80. The van der Waals surface area contributed by atoms with Gasteiger partial charge in [0.1, 0.15) is 23.7 Å². The van der Waals surface area contributed by atoms with Gasteiger partial charge in [0, 0.05) is 24.7 Å². The van der Waals surface area contributed by atoms with Crippen molar-refractivity contribution in [2.45, 2.75) is 38.9 Å². The lowest BCUT2D eigenvalue weighted by molar-refractivity contribution is -0.384. The number of non-ortho nitro benzene ring substituents is 1. The van der Waals surface area contributed by atoms with Crippen LogP contribution < -0.4 is 16.0 Å². The summed E-state index contributed by atoms with van der Waals surface area (Å²) in [6.45, 7) is 2.96. The third-order valence-corrected chi connectivity index (χ3v) is 4.42. The van der Waals surface area contributed by atoms with Gasteiger partial charge in [-0.3, -0.25) is 24.5 Å². The second kappa shape index (κ2) is 10.9. The van der Waals surface area contributed by atoms with Crippen molar-refractivity contribution in [2.75, 3.05) is 0 Å². The van der Waals surface area contributed by atoms with E-state index >= 15 is 0 Å². The van der Waals surface area contributed by atoms with Crippen LogP contribution in [0.15, 0.2) is 42.5 Å². The molecule has 0 bridgehead atoms. The van der Waals surface area contributed by atoms with E-state index in [0.29, 0.717) is 11.6 Å². The number of halogens is 2. The standard InChI is InChI=1S/C21H22F2N4O5/c1-12(20(29)24-11-14-3-5-18(6-4-14)27(31)32)26-21(30)13(2)25-19(28)9-15-7-16(22)10-17(23)8-15/h3-8,10,12-13H,9,11H2,1-2H3,(H,24,29)(H,25,28)(H,26,30)/t12-,13-/m0/s1. The summed E-state index contributed by atoms with van der Waals surface area (Å²) in [5, 5.41) is 18.1. The van der Waals surface area contributed by atoms with E-state index < -0.39 is 46.4 Å². The summed E-state index contributed by atoms with van der Waals surface area (Å²) in [6.07, 6.45) is -0.322. The van der Waals surface area contributed by atoms with Crippen LogP contribution in [0.25, 0.3) is 0 Å². The van der Waals surface area contributed by atoms with Crippen LogP contribution in [-0.4, -0.2) is 34.7 Å². The van der Waals surface area contributed by atoms with Crippen molar-refractivity contribution in [1.82, 2.24) is 16.0 Å². The molecule has 0 saturated carbocycles. The molecule has 0 unspecified atom stereocenters. The monoisotopic (exact) mass is 448 g/mol. The van der Waals surface area contributed by atoms with E-state index in [2.05, 4.69) is 16.0 Å². The second-order valence-electron chi connectivity index (χ2n) is 7.12. The van der Waals surface area contributed by atoms with E-state index in [0.717, 1.165) is 12.1 Å². The van der Waals surface area contributed by atoms with Crippen LogP contribution in [0.4, 0.5) is 14.5 Å². The summed E-state index contributed by atoms with van der Waals surface area (Å²) < 4.78 is 26.4. The van der Waals surface area contributed by atoms with Crippen LogP contribution in [0.2, 0.25) is 0 Å². The maximum Gasteiger partial charge on any atom is 0.269 e. The molecule has 2 atom stereocenters. The molecule has 0 aliphatic carbocycles. The number of nitro benzene ring substituents is 1. The van der Waals surface area contributed by atoms with Crippen molar-refractivity contribution in [2.24, 2.45) is 0 Å². The predicted molar refractivity (Wildman–Crippen MR) is 110 cm³/mol. The Morgan fingerprint density at radius 2 is 1.47 bits per heavy atom. The lowest BCUT2D eigenvalue weighted by Gasteiger charge is -2.18. The van der Waals surface area contributed by atoms with Crippen LogP contribution in [-0.2, 0) is 27.3 Å². The highest BCUT2D eigenvalue weighted by Crippen LogP contribution is 2.12. The van der Waals surface area contributed by atoms with Gasteiger partial charge in [-0.1, -0.05) is 12.1 Å². The van der Waals surface area contributed by atoms with Crippen LogP contribution in [0.3, 0.4) is 0 Å². The van der Waals surface area contributed by atoms with Gasteiger partial charge in [-0.2, -0.15) is 0 Å². The Morgan fingerprint density at radius 1 is 0.906 bits per heavy atom. The first-order valence-corrected chi connectivity index (χ1v) is 9.61. The zero-order valence-electron chi connectivity index (χ0n) is 17.4. The molecule has 0 aliphatic heterocycles. The minimum absolute atomic E-state index is 0.0701. The van der Waals surface area contributed by atoms with Gasteiger partial charge in [0.25, 0.3) is 5.69 Å². The lowest BCUT2D eigenvalue weighted by Crippen LogP contribution is -2.51. The third kappa shape index (κ3) is 7.42. The zero-order valence-corrected chi connectivity index (χ0v) is 17.4. The van der Waals surface area contributed by atoms with Crippen LogP contribution in [0.5, 0.6) is 0 Å². The highest BCUT2D eigenvalue weighted by atomic mass is 19.1. The molecule has 2 aromatic carbocycles. The Kier molecular flexibility index (Phi) is 8.33. The molecule has 0 radical (unpaired) electrons. The number of hydrogen-bond donors (Lipinski definition) is 3. The Bertz CT molecular complexity index is 993. The topological polar surface area (TPSA) is 130 Å². The Labute approximate surface area is 182 Å². The van der Waals surface area contributed by atoms with Crippen molar-refractivity contribution >= 4 is 23.4 Å².